The SMILES string of the molecule is Cc1cccc(C=O)c1OCCC(C)O. The van der Waals surface area contributed by atoms with E-state index in [4.69, 9.17) is 9.84 Å². The summed E-state index contributed by atoms with van der Waals surface area (Å²) in [7, 11) is 0. The highest BCUT2D eigenvalue weighted by atomic mass is 16.5. The molecule has 3 nitrogen and oxygen atoms in total. The molecule has 1 unspecified atom stereocenters. The summed E-state index contributed by atoms with van der Waals surface area (Å²) in [5.41, 5.74) is 1.49. The fourth-order valence-corrected chi connectivity index (χ4v) is 1.30. The first-order chi connectivity index (χ1) is 7.15. The predicted molar refractivity (Wildman–Crippen MR) is 58.4 cm³/mol. The maximum atomic E-state index is 10.7. The maximum absolute atomic E-state index is 10.7. The molecule has 0 saturated carbocycles. The normalized spacial score (nSPS) is 12.2. The van der Waals surface area contributed by atoms with E-state index in [1.165, 1.54) is 0 Å². The number of para-hydroxylation sites is 1. The first-order valence-corrected chi connectivity index (χ1v) is 5.00. The van der Waals surface area contributed by atoms with Crippen LogP contribution in [0.2, 0.25) is 0 Å². The van der Waals surface area contributed by atoms with Gasteiger partial charge in [-0.3, -0.25) is 4.79 Å². The second-order valence-corrected chi connectivity index (χ2v) is 3.60. The zero-order valence-electron chi connectivity index (χ0n) is 9.06. The summed E-state index contributed by atoms with van der Waals surface area (Å²) in [6.45, 7) is 4.02. The van der Waals surface area contributed by atoms with Gasteiger partial charge in [0.1, 0.15) is 5.75 Å². The Bertz CT molecular complexity index is 332. The summed E-state index contributed by atoms with van der Waals surface area (Å²) in [5.74, 6) is 0.619. The van der Waals surface area contributed by atoms with Crippen molar-refractivity contribution in [2.24, 2.45) is 0 Å². The van der Waals surface area contributed by atoms with Gasteiger partial charge < -0.3 is 9.84 Å². The molecular weight excluding hydrogens is 192 g/mol. The smallest absolute Gasteiger partial charge is 0.153 e. The van der Waals surface area contributed by atoms with E-state index in [-0.39, 0.29) is 6.10 Å². The van der Waals surface area contributed by atoms with Crippen molar-refractivity contribution in [1.82, 2.24) is 0 Å². The number of benzene rings is 1. The van der Waals surface area contributed by atoms with Gasteiger partial charge in [-0.15, -0.1) is 0 Å². The van der Waals surface area contributed by atoms with Crippen molar-refractivity contribution < 1.29 is 14.6 Å². The number of carbonyl (C=O) groups is 1. The van der Waals surface area contributed by atoms with Crippen molar-refractivity contribution in [3.05, 3.63) is 29.3 Å². The van der Waals surface area contributed by atoms with Crippen LogP contribution in [0.1, 0.15) is 29.3 Å². The van der Waals surface area contributed by atoms with Crippen LogP contribution in [0.5, 0.6) is 5.75 Å². The van der Waals surface area contributed by atoms with Gasteiger partial charge in [-0.1, -0.05) is 12.1 Å². The highest BCUT2D eigenvalue weighted by Gasteiger charge is 2.06. The molecule has 0 spiro atoms. The second-order valence-electron chi connectivity index (χ2n) is 3.60. The molecule has 0 heterocycles. The van der Waals surface area contributed by atoms with Crippen LogP contribution in [0, 0.1) is 6.92 Å². The lowest BCUT2D eigenvalue weighted by molar-refractivity contribution is 0.111. The largest absolute Gasteiger partial charge is 0.492 e. The zero-order valence-corrected chi connectivity index (χ0v) is 9.06. The summed E-state index contributed by atoms with van der Waals surface area (Å²) in [4.78, 5) is 10.7. The number of hydrogen-bond acceptors (Lipinski definition) is 3. The molecule has 0 amide bonds. The van der Waals surface area contributed by atoms with E-state index in [2.05, 4.69) is 0 Å². The number of ether oxygens (including phenoxy) is 1. The summed E-state index contributed by atoms with van der Waals surface area (Å²) >= 11 is 0. The van der Waals surface area contributed by atoms with E-state index < -0.39 is 0 Å². The maximum Gasteiger partial charge on any atom is 0.153 e. The fourth-order valence-electron chi connectivity index (χ4n) is 1.30. The van der Waals surface area contributed by atoms with Crippen molar-refractivity contribution in [2.75, 3.05) is 6.61 Å². The van der Waals surface area contributed by atoms with Crippen molar-refractivity contribution in [2.45, 2.75) is 26.4 Å². The Morgan fingerprint density at radius 2 is 2.27 bits per heavy atom. The molecule has 82 valence electrons. The van der Waals surface area contributed by atoms with E-state index >= 15 is 0 Å². The molecule has 0 aliphatic carbocycles. The molecule has 0 aliphatic heterocycles. The minimum atomic E-state index is -0.381. The molecule has 0 bridgehead atoms. The van der Waals surface area contributed by atoms with Gasteiger partial charge in [-0.05, 0) is 25.5 Å². The lowest BCUT2D eigenvalue weighted by atomic mass is 10.1. The highest BCUT2D eigenvalue weighted by Crippen LogP contribution is 2.21. The number of aryl methyl sites for hydroxylation is 1. The monoisotopic (exact) mass is 208 g/mol. The van der Waals surface area contributed by atoms with Crippen molar-refractivity contribution in [1.29, 1.82) is 0 Å². The Morgan fingerprint density at radius 1 is 1.53 bits per heavy atom. The first-order valence-electron chi connectivity index (χ1n) is 5.00. The Hall–Kier alpha value is -1.35. The highest BCUT2D eigenvalue weighted by molar-refractivity contribution is 5.80. The molecule has 0 aromatic heterocycles. The Morgan fingerprint density at radius 3 is 2.87 bits per heavy atom. The Balaban J connectivity index is 2.70. The third kappa shape index (κ3) is 3.36. The van der Waals surface area contributed by atoms with Crippen LogP contribution < -0.4 is 4.74 Å². The number of aliphatic hydroxyl groups excluding tert-OH is 1. The van der Waals surface area contributed by atoms with Crippen LogP contribution in [0.15, 0.2) is 18.2 Å². The molecule has 15 heavy (non-hydrogen) atoms. The number of carbonyl (C=O) groups excluding carboxylic acids is 1. The average molecular weight is 208 g/mol. The van der Waals surface area contributed by atoms with Crippen LogP contribution in [0.3, 0.4) is 0 Å². The lowest BCUT2D eigenvalue weighted by Gasteiger charge is -2.11. The van der Waals surface area contributed by atoms with Crippen LogP contribution in [0.4, 0.5) is 0 Å². The summed E-state index contributed by atoms with van der Waals surface area (Å²) < 4.78 is 5.48. The minimum Gasteiger partial charge on any atom is -0.492 e. The Kier molecular flexibility index (Phi) is 4.31. The molecule has 1 aromatic rings. The molecule has 1 atom stereocenters. The van der Waals surface area contributed by atoms with Gasteiger partial charge >= 0.3 is 0 Å². The first kappa shape index (κ1) is 11.7. The van der Waals surface area contributed by atoms with Crippen molar-refractivity contribution in [3.63, 3.8) is 0 Å². The minimum absolute atomic E-state index is 0.381. The van der Waals surface area contributed by atoms with Gasteiger partial charge in [-0.25, -0.2) is 0 Å². The van der Waals surface area contributed by atoms with Gasteiger partial charge in [0.25, 0.3) is 0 Å². The van der Waals surface area contributed by atoms with E-state index in [9.17, 15) is 4.79 Å². The molecule has 1 aromatic carbocycles. The van der Waals surface area contributed by atoms with E-state index in [0.29, 0.717) is 24.3 Å². The summed E-state index contributed by atoms with van der Waals surface area (Å²) in [5, 5.41) is 9.08. The van der Waals surface area contributed by atoms with Gasteiger partial charge in [0.15, 0.2) is 6.29 Å². The summed E-state index contributed by atoms with van der Waals surface area (Å²) in [6.07, 6.45) is 0.964. The van der Waals surface area contributed by atoms with E-state index in [1.54, 1.807) is 13.0 Å². The molecule has 0 aliphatic rings. The average Bonchev–Trinajstić information content (AvgIpc) is 2.20. The quantitative estimate of drug-likeness (QED) is 0.752. The van der Waals surface area contributed by atoms with Crippen LogP contribution in [-0.2, 0) is 0 Å². The number of aliphatic hydroxyl groups is 1. The predicted octanol–water partition coefficient (Wildman–Crippen LogP) is 1.96. The van der Waals surface area contributed by atoms with Crippen LogP contribution in [-0.4, -0.2) is 24.1 Å². The third-order valence-electron chi connectivity index (χ3n) is 2.15. The number of hydrogen-bond donors (Lipinski definition) is 1. The molecule has 3 heteroatoms. The zero-order chi connectivity index (χ0) is 11.3. The second kappa shape index (κ2) is 5.51. The van der Waals surface area contributed by atoms with Gasteiger partial charge in [0.2, 0.25) is 0 Å². The van der Waals surface area contributed by atoms with Crippen LogP contribution >= 0.6 is 0 Å². The molecule has 0 fully saturated rings. The van der Waals surface area contributed by atoms with Gasteiger partial charge in [0, 0.05) is 6.42 Å². The standard InChI is InChI=1S/C12H16O3/c1-9-4-3-5-11(8-13)12(9)15-7-6-10(2)14/h3-5,8,10,14H,6-7H2,1-2H3. The Labute approximate surface area is 89.7 Å². The topological polar surface area (TPSA) is 46.5 Å². The molecular formula is C12H16O3. The van der Waals surface area contributed by atoms with Gasteiger partial charge in [0.05, 0.1) is 18.3 Å². The van der Waals surface area contributed by atoms with Crippen molar-refractivity contribution in [3.8, 4) is 5.75 Å². The van der Waals surface area contributed by atoms with Crippen LogP contribution in [0.25, 0.3) is 0 Å². The third-order valence-corrected chi connectivity index (χ3v) is 2.15. The number of aldehydes is 1. The van der Waals surface area contributed by atoms with Crippen molar-refractivity contribution >= 4 is 6.29 Å². The molecule has 1 N–H and O–H groups in total. The molecule has 0 saturated heterocycles. The summed E-state index contributed by atoms with van der Waals surface area (Å²) in [6, 6.07) is 5.43. The van der Waals surface area contributed by atoms with Gasteiger partial charge in [-0.2, -0.15) is 0 Å². The lowest BCUT2D eigenvalue weighted by Crippen LogP contribution is -2.09. The molecule has 1 rings (SSSR count). The van der Waals surface area contributed by atoms with E-state index in [0.717, 1.165) is 11.8 Å². The number of rotatable bonds is 5. The molecule has 0 radical (unpaired) electrons. The van der Waals surface area contributed by atoms with E-state index in [1.807, 2.05) is 19.1 Å². The fraction of sp³-hybridized carbons (Fsp3) is 0.417.